The molecule has 59 heavy (non-hydrogen) atoms. The Morgan fingerprint density at radius 1 is 0.305 bits per heavy atom. The Hall–Kier alpha value is -7.68. The monoisotopic (exact) mass is 752 g/mol. The Bertz CT molecular complexity index is 3100. The molecule has 0 N–H and O–H groups in total. The van der Waals surface area contributed by atoms with Crippen LogP contribution in [0, 0.1) is 0 Å². The van der Waals surface area contributed by atoms with E-state index in [0.717, 1.165) is 23.5 Å². The molecule has 0 radical (unpaired) electrons. The molecule has 0 saturated heterocycles. The fourth-order valence-corrected chi connectivity index (χ4v) is 8.97. The summed E-state index contributed by atoms with van der Waals surface area (Å²) in [7, 11) is 0. The van der Waals surface area contributed by atoms with Gasteiger partial charge in [0.2, 0.25) is 0 Å². The van der Waals surface area contributed by atoms with Crippen molar-refractivity contribution in [3.05, 3.63) is 242 Å². The van der Waals surface area contributed by atoms with Crippen molar-refractivity contribution >= 4 is 55.7 Å². The van der Waals surface area contributed by atoms with Crippen LogP contribution >= 0.6 is 0 Å². The molecule has 0 aromatic heterocycles. The van der Waals surface area contributed by atoms with Gasteiger partial charge in [-0.05, 0) is 127 Å². The highest BCUT2D eigenvalue weighted by atomic mass is 15.2. The number of hydrogen-bond donors (Lipinski definition) is 0. The summed E-state index contributed by atoms with van der Waals surface area (Å²) in [5, 5.41) is 5.01. The van der Waals surface area contributed by atoms with E-state index in [1.54, 1.807) is 0 Å². The van der Waals surface area contributed by atoms with Gasteiger partial charge in [0.1, 0.15) is 0 Å². The van der Waals surface area contributed by atoms with Crippen molar-refractivity contribution in [1.29, 1.82) is 0 Å². The zero-order chi connectivity index (χ0) is 39.1. The minimum atomic E-state index is 0.844. The first kappa shape index (κ1) is 34.6. The molecular weight excluding hydrogens is 713 g/mol. The predicted molar refractivity (Wildman–Crippen MR) is 250 cm³/mol. The first-order chi connectivity index (χ1) is 29.2. The van der Waals surface area contributed by atoms with Crippen LogP contribution in [0.4, 0.5) is 34.1 Å². The van der Waals surface area contributed by atoms with Crippen LogP contribution in [-0.4, -0.2) is 0 Å². The summed E-state index contributed by atoms with van der Waals surface area (Å²) in [5.74, 6) is 0. The normalized spacial score (nSPS) is 12.0. The van der Waals surface area contributed by atoms with Crippen molar-refractivity contribution in [2.75, 3.05) is 9.80 Å². The third-order valence-corrected chi connectivity index (χ3v) is 11.8. The predicted octanol–water partition coefficient (Wildman–Crippen LogP) is 15.8. The lowest BCUT2D eigenvalue weighted by Gasteiger charge is -2.35. The molecule has 10 aromatic carbocycles. The second-order valence-corrected chi connectivity index (χ2v) is 15.4. The highest BCUT2D eigenvalue weighted by Gasteiger charge is 2.26. The Labute approximate surface area is 345 Å². The van der Waals surface area contributed by atoms with E-state index in [2.05, 4.69) is 240 Å². The number of fused-ring (bicyclic) bond motifs is 4. The number of hydrogen-bond acceptors (Lipinski definition) is 2. The van der Waals surface area contributed by atoms with E-state index < -0.39 is 0 Å². The quantitative estimate of drug-likeness (QED) is 0.160. The summed E-state index contributed by atoms with van der Waals surface area (Å²) in [6.07, 6.45) is 0.844. The van der Waals surface area contributed by atoms with Crippen LogP contribution in [0.25, 0.3) is 54.9 Å². The fourth-order valence-electron chi connectivity index (χ4n) is 8.97. The molecule has 1 heterocycles. The van der Waals surface area contributed by atoms with Gasteiger partial charge in [-0.1, -0.05) is 164 Å². The number of benzene rings is 10. The van der Waals surface area contributed by atoms with Crippen LogP contribution in [0.5, 0.6) is 0 Å². The molecule has 1 aliphatic rings. The Balaban J connectivity index is 0.986. The van der Waals surface area contributed by atoms with Gasteiger partial charge < -0.3 is 9.80 Å². The Kier molecular flexibility index (Phi) is 8.60. The Morgan fingerprint density at radius 3 is 1.44 bits per heavy atom. The molecule has 0 unspecified atom stereocenters. The third kappa shape index (κ3) is 6.32. The molecule has 0 aliphatic carbocycles. The SMILES string of the molecule is c1ccc(-c2ccc(N(c3ccccc3)c3ccc(-c4ccc5c(c4)Cc4cc(-c6cccc7ccccc67)ccc4N5c4cccc5ccccc45)cc3)cc2)cc1. The smallest absolute Gasteiger partial charge is 0.0540 e. The average molecular weight is 753 g/mol. The third-order valence-electron chi connectivity index (χ3n) is 11.8. The summed E-state index contributed by atoms with van der Waals surface area (Å²) in [6.45, 7) is 0. The fraction of sp³-hybridized carbons (Fsp3) is 0.0175. The largest absolute Gasteiger partial charge is 0.311 e. The molecule has 0 bridgehead atoms. The highest BCUT2D eigenvalue weighted by molar-refractivity contribution is 6.02. The van der Waals surface area contributed by atoms with Gasteiger partial charge in [-0.2, -0.15) is 0 Å². The van der Waals surface area contributed by atoms with E-state index in [0.29, 0.717) is 0 Å². The minimum absolute atomic E-state index is 0.844. The molecule has 0 saturated carbocycles. The van der Waals surface area contributed by atoms with Gasteiger partial charge in [-0.25, -0.2) is 0 Å². The molecule has 0 amide bonds. The lowest BCUT2D eigenvalue weighted by molar-refractivity contribution is 1.09. The van der Waals surface area contributed by atoms with Gasteiger partial charge in [0.15, 0.2) is 0 Å². The maximum Gasteiger partial charge on any atom is 0.0540 e. The van der Waals surface area contributed by atoms with Crippen molar-refractivity contribution in [3.8, 4) is 33.4 Å². The molecule has 0 spiro atoms. The first-order valence-electron chi connectivity index (χ1n) is 20.4. The van der Waals surface area contributed by atoms with Crippen molar-refractivity contribution in [1.82, 2.24) is 0 Å². The number of anilines is 6. The lowest BCUT2D eigenvalue weighted by atomic mass is 9.89. The van der Waals surface area contributed by atoms with Gasteiger partial charge in [0, 0.05) is 40.2 Å². The summed E-state index contributed by atoms with van der Waals surface area (Å²) in [5.41, 5.74) is 17.0. The molecule has 1 aliphatic heterocycles. The van der Waals surface area contributed by atoms with E-state index in [-0.39, 0.29) is 0 Å². The van der Waals surface area contributed by atoms with Crippen molar-refractivity contribution < 1.29 is 0 Å². The molecular formula is C57H40N2. The molecule has 0 fully saturated rings. The summed E-state index contributed by atoms with van der Waals surface area (Å²) < 4.78 is 0. The van der Waals surface area contributed by atoms with E-state index >= 15 is 0 Å². The molecule has 2 nitrogen and oxygen atoms in total. The molecule has 11 rings (SSSR count). The van der Waals surface area contributed by atoms with E-state index in [1.165, 1.54) is 83.1 Å². The topological polar surface area (TPSA) is 6.48 Å². The lowest BCUT2D eigenvalue weighted by Crippen LogP contribution is -2.19. The van der Waals surface area contributed by atoms with Gasteiger partial charge in [-0.15, -0.1) is 0 Å². The van der Waals surface area contributed by atoms with Crippen LogP contribution in [0.1, 0.15) is 11.1 Å². The van der Waals surface area contributed by atoms with E-state index in [1.807, 2.05) is 0 Å². The van der Waals surface area contributed by atoms with Crippen molar-refractivity contribution in [2.24, 2.45) is 0 Å². The molecule has 10 aromatic rings. The molecule has 278 valence electrons. The van der Waals surface area contributed by atoms with Gasteiger partial charge in [0.05, 0.1) is 5.69 Å². The number of para-hydroxylation sites is 1. The van der Waals surface area contributed by atoms with E-state index in [9.17, 15) is 0 Å². The second kappa shape index (κ2) is 14.7. The average Bonchev–Trinajstić information content (AvgIpc) is 3.31. The van der Waals surface area contributed by atoms with Gasteiger partial charge in [-0.3, -0.25) is 0 Å². The summed E-state index contributed by atoms with van der Waals surface area (Å²) >= 11 is 0. The second-order valence-electron chi connectivity index (χ2n) is 15.4. The summed E-state index contributed by atoms with van der Waals surface area (Å²) in [6, 6.07) is 83.9. The number of rotatable bonds is 7. The first-order valence-corrected chi connectivity index (χ1v) is 20.4. The Morgan fingerprint density at radius 2 is 0.763 bits per heavy atom. The standard InChI is InChI=1S/C57H40N2/c1-3-13-40(14-4-1)41-25-31-50(32-26-41)58(49-19-5-2-6-20-49)51-33-27-42(28-34-51)45-29-35-55-47(37-45)39-48-38-46(53-23-11-17-43-15-7-9-21-52(43)53)30-36-56(48)59(55)57-24-12-18-44-16-8-10-22-54(44)57/h1-38H,39H2. The van der Waals surface area contributed by atoms with Gasteiger partial charge >= 0.3 is 0 Å². The zero-order valence-corrected chi connectivity index (χ0v) is 32.5. The van der Waals surface area contributed by atoms with Crippen LogP contribution < -0.4 is 9.80 Å². The maximum atomic E-state index is 2.48. The van der Waals surface area contributed by atoms with Crippen molar-refractivity contribution in [2.45, 2.75) is 6.42 Å². The van der Waals surface area contributed by atoms with Crippen LogP contribution in [-0.2, 0) is 6.42 Å². The maximum absolute atomic E-state index is 2.48. The minimum Gasteiger partial charge on any atom is -0.311 e. The highest BCUT2D eigenvalue weighted by Crippen LogP contribution is 2.48. The van der Waals surface area contributed by atoms with Crippen molar-refractivity contribution in [3.63, 3.8) is 0 Å². The van der Waals surface area contributed by atoms with Crippen LogP contribution in [0.3, 0.4) is 0 Å². The molecule has 2 heteroatoms. The zero-order valence-electron chi connectivity index (χ0n) is 32.5. The summed E-state index contributed by atoms with van der Waals surface area (Å²) in [4.78, 5) is 4.81. The van der Waals surface area contributed by atoms with Crippen LogP contribution in [0.15, 0.2) is 231 Å². The van der Waals surface area contributed by atoms with Gasteiger partial charge in [0.25, 0.3) is 0 Å². The molecule has 0 atom stereocenters. The van der Waals surface area contributed by atoms with Crippen LogP contribution in [0.2, 0.25) is 0 Å². The van der Waals surface area contributed by atoms with E-state index in [4.69, 9.17) is 0 Å². The number of nitrogens with zero attached hydrogens (tertiary/aromatic N) is 2.